The summed E-state index contributed by atoms with van der Waals surface area (Å²) in [6, 6.07) is 5.66. The van der Waals surface area contributed by atoms with Crippen LogP contribution in [0.3, 0.4) is 0 Å². The standard InChI is InChI=1S/C17H20N2O3S/c1-17(2)10-22-14-6-5-11(7-13(14)17)16(20)19(3)8-12-9-23-18-15(12)21-4/h5-7,9H,8,10H2,1-4H3. The Morgan fingerprint density at radius 1 is 1.48 bits per heavy atom. The van der Waals surface area contributed by atoms with Crippen molar-refractivity contribution in [3.8, 4) is 11.6 Å². The second-order valence-corrected chi connectivity index (χ2v) is 7.02. The molecule has 0 atom stereocenters. The average Bonchev–Trinajstić information content (AvgIpc) is 3.10. The normalized spacial score (nSPS) is 15.0. The summed E-state index contributed by atoms with van der Waals surface area (Å²) in [6.45, 7) is 5.36. The first-order chi connectivity index (χ1) is 10.9. The molecular formula is C17H20N2O3S. The summed E-state index contributed by atoms with van der Waals surface area (Å²) in [5.74, 6) is 1.43. The molecule has 122 valence electrons. The molecule has 0 saturated carbocycles. The van der Waals surface area contributed by atoms with Gasteiger partial charge in [-0.25, -0.2) is 0 Å². The van der Waals surface area contributed by atoms with E-state index in [2.05, 4.69) is 18.2 Å². The Morgan fingerprint density at radius 2 is 2.26 bits per heavy atom. The van der Waals surface area contributed by atoms with E-state index in [1.54, 1.807) is 19.1 Å². The fraction of sp³-hybridized carbons (Fsp3) is 0.412. The van der Waals surface area contributed by atoms with Crippen molar-refractivity contribution in [2.75, 3.05) is 20.8 Å². The number of benzene rings is 1. The Kier molecular flexibility index (Phi) is 4.02. The van der Waals surface area contributed by atoms with Crippen LogP contribution in [0.5, 0.6) is 11.6 Å². The van der Waals surface area contributed by atoms with Crippen LogP contribution in [0.4, 0.5) is 0 Å². The SMILES string of the molecule is COc1nscc1CN(C)C(=O)c1ccc2c(c1)C(C)(C)CO2. The number of nitrogens with zero attached hydrogens (tertiary/aromatic N) is 2. The van der Waals surface area contributed by atoms with Gasteiger partial charge in [0.05, 0.1) is 20.3 Å². The molecule has 2 aromatic rings. The molecule has 1 aromatic heterocycles. The van der Waals surface area contributed by atoms with Gasteiger partial charge in [-0.05, 0) is 29.7 Å². The molecule has 0 fully saturated rings. The number of methoxy groups -OCH3 is 1. The molecule has 3 rings (SSSR count). The second kappa shape index (κ2) is 5.85. The van der Waals surface area contributed by atoms with Crippen molar-refractivity contribution in [1.29, 1.82) is 0 Å². The van der Waals surface area contributed by atoms with Crippen LogP contribution in [0.1, 0.15) is 35.3 Å². The monoisotopic (exact) mass is 332 g/mol. The van der Waals surface area contributed by atoms with Crippen LogP contribution < -0.4 is 9.47 Å². The van der Waals surface area contributed by atoms with Gasteiger partial charge < -0.3 is 14.4 Å². The quantitative estimate of drug-likeness (QED) is 0.863. The summed E-state index contributed by atoms with van der Waals surface area (Å²) < 4.78 is 15.0. The molecule has 0 unspecified atom stereocenters. The molecule has 2 heterocycles. The van der Waals surface area contributed by atoms with Gasteiger partial charge in [-0.2, -0.15) is 4.37 Å². The van der Waals surface area contributed by atoms with Crippen LogP contribution in [-0.2, 0) is 12.0 Å². The fourth-order valence-corrected chi connectivity index (χ4v) is 3.36. The van der Waals surface area contributed by atoms with E-state index in [1.807, 2.05) is 23.6 Å². The summed E-state index contributed by atoms with van der Waals surface area (Å²) in [5.41, 5.74) is 2.61. The third kappa shape index (κ3) is 2.91. The van der Waals surface area contributed by atoms with Crippen LogP contribution in [0, 0.1) is 0 Å². The summed E-state index contributed by atoms with van der Waals surface area (Å²) in [4.78, 5) is 14.4. The Bertz CT molecular complexity index is 739. The highest BCUT2D eigenvalue weighted by atomic mass is 32.1. The first kappa shape index (κ1) is 15.8. The van der Waals surface area contributed by atoms with E-state index in [9.17, 15) is 4.79 Å². The molecule has 5 nitrogen and oxygen atoms in total. The topological polar surface area (TPSA) is 51.7 Å². The fourth-order valence-electron chi connectivity index (χ4n) is 2.72. The van der Waals surface area contributed by atoms with E-state index >= 15 is 0 Å². The van der Waals surface area contributed by atoms with Gasteiger partial charge in [0, 0.05) is 34.5 Å². The summed E-state index contributed by atoms with van der Waals surface area (Å²) >= 11 is 1.33. The van der Waals surface area contributed by atoms with Crippen LogP contribution in [-0.4, -0.2) is 35.9 Å². The van der Waals surface area contributed by atoms with Gasteiger partial charge in [0.2, 0.25) is 5.88 Å². The number of carbonyl (C=O) groups excluding carboxylic acids is 1. The number of aromatic nitrogens is 1. The van der Waals surface area contributed by atoms with Crippen LogP contribution >= 0.6 is 11.5 Å². The van der Waals surface area contributed by atoms with Crippen molar-refractivity contribution < 1.29 is 14.3 Å². The molecule has 0 bridgehead atoms. The number of fused-ring (bicyclic) bond motifs is 1. The summed E-state index contributed by atoms with van der Waals surface area (Å²) in [7, 11) is 3.37. The number of ether oxygens (including phenoxy) is 2. The van der Waals surface area contributed by atoms with Crippen molar-refractivity contribution >= 4 is 17.4 Å². The molecule has 23 heavy (non-hydrogen) atoms. The van der Waals surface area contributed by atoms with Crippen molar-refractivity contribution in [2.24, 2.45) is 0 Å². The van der Waals surface area contributed by atoms with Gasteiger partial charge >= 0.3 is 0 Å². The van der Waals surface area contributed by atoms with Gasteiger partial charge in [-0.1, -0.05) is 13.8 Å². The number of amides is 1. The molecule has 0 aliphatic carbocycles. The van der Waals surface area contributed by atoms with E-state index in [1.165, 1.54) is 11.5 Å². The molecule has 6 heteroatoms. The summed E-state index contributed by atoms with van der Waals surface area (Å²) in [6.07, 6.45) is 0. The molecule has 1 aliphatic rings. The Morgan fingerprint density at radius 3 is 3.00 bits per heavy atom. The molecule has 1 amide bonds. The average molecular weight is 332 g/mol. The van der Waals surface area contributed by atoms with E-state index in [0.29, 0.717) is 24.6 Å². The Labute approximate surface area is 140 Å². The predicted molar refractivity (Wildman–Crippen MR) is 89.4 cm³/mol. The minimum atomic E-state index is -0.0648. The zero-order valence-electron chi connectivity index (χ0n) is 13.8. The Balaban J connectivity index is 1.81. The molecule has 0 N–H and O–H groups in total. The number of rotatable bonds is 4. The van der Waals surface area contributed by atoms with Crippen molar-refractivity contribution in [1.82, 2.24) is 9.27 Å². The minimum Gasteiger partial charge on any atom is -0.492 e. The first-order valence-corrected chi connectivity index (χ1v) is 8.26. The highest BCUT2D eigenvalue weighted by Crippen LogP contribution is 2.38. The smallest absolute Gasteiger partial charge is 0.253 e. The van der Waals surface area contributed by atoms with Gasteiger partial charge in [0.1, 0.15) is 5.75 Å². The van der Waals surface area contributed by atoms with E-state index in [0.717, 1.165) is 16.9 Å². The lowest BCUT2D eigenvalue weighted by atomic mass is 9.86. The minimum absolute atomic E-state index is 0.0243. The van der Waals surface area contributed by atoms with Gasteiger partial charge in [0.25, 0.3) is 5.91 Å². The van der Waals surface area contributed by atoms with Gasteiger partial charge in [0.15, 0.2) is 0 Å². The van der Waals surface area contributed by atoms with E-state index < -0.39 is 0 Å². The first-order valence-electron chi connectivity index (χ1n) is 7.42. The highest BCUT2D eigenvalue weighted by molar-refractivity contribution is 7.03. The molecule has 1 aliphatic heterocycles. The highest BCUT2D eigenvalue weighted by Gasteiger charge is 2.32. The number of carbonyl (C=O) groups is 1. The molecule has 0 radical (unpaired) electrons. The lowest BCUT2D eigenvalue weighted by Gasteiger charge is -2.19. The van der Waals surface area contributed by atoms with E-state index in [4.69, 9.17) is 9.47 Å². The molecular weight excluding hydrogens is 312 g/mol. The van der Waals surface area contributed by atoms with Crippen LogP contribution in [0.15, 0.2) is 23.6 Å². The second-order valence-electron chi connectivity index (χ2n) is 6.39. The van der Waals surface area contributed by atoms with Crippen molar-refractivity contribution in [2.45, 2.75) is 25.8 Å². The maximum Gasteiger partial charge on any atom is 0.253 e. The van der Waals surface area contributed by atoms with Crippen LogP contribution in [0.25, 0.3) is 0 Å². The lowest BCUT2D eigenvalue weighted by Crippen LogP contribution is -2.26. The zero-order chi connectivity index (χ0) is 16.6. The number of hydrogen-bond donors (Lipinski definition) is 0. The maximum absolute atomic E-state index is 12.7. The van der Waals surface area contributed by atoms with Gasteiger partial charge in [-0.15, -0.1) is 0 Å². The van der Waals surface area contributed by atoms with Crippen LogP contribution in [0.2, 0.25) is 0 Å². The molecule has 0 spiro atoms. The molecule has 1 aromatic carbocycles. The summed E-state index contributed by atoms with van der Waals surface area (Å²) in [5, 5.41) is 1.91. The lowest BCUT2D eigenvalue weighted by molar-refractivity contribution is 0.0784. The number of hydrogen-bond acceptors (Lipinski definition) is 5. The van der Waals surface area contributed by atoms with Crippen molar-refractivity contribution in [3.63, 3.8) is 0 Å². The Hall–Kier alpha value is -2.08. The van der Waals surface area contributed by atoms with Gasteiger partial charge in [-0.3, -0.25) is 4.79 Å². The third-order valence-electron chi connectivity index (χ3n) is 4.10. The predicted octanol–water partition coefficient (Wildman–Crippen LogP) is 3.09. The third-order valence-corrected chi connectivity index (χ3v) is 4.76. The van der Waals surface area contributed by atoms with Crippen molar-refractivity contribution in [3.05, 3.63) is 40.3 Å². The van der Waals surface area contributed by atoms with E-state index in [-0.39, 0.29) is 11.3 Å². The maximum atomic E-state index is 12.7. The molecule has 0 saturated heterocycles. The largest absolute Gasteiger partial charge is 0.492 e. The zero-order valence-corrected chi connectivity index (χ0v) is 14.6.